The van der Waals surface area contributed by atoms with E-state index in [1.807, 2.05) is 6.07 Å². The van der Waals surface area contributed by atoms with Crippen molar-refractivity contribution >= 4 is 0 Å². The van der Waals surface area contributed by atoms with Gasteiger partial charge in [0.25, 0.3) is 0 Å². The minimum Gasteiger partial charge on any atom is -0.508 e. The molecule has 0 aliphatic carbocycles. The molecule has 0 spiro atoms. The zero-order chi connectivity index (χ0) is 14.6. The third-order valence-corrected chi connectivity index (χ3v) is 4.13. The van der Waals surface area contributed by atoms with E-state index in [2.05, 4.69) is 39.9 Å². The van der Waals surface area contributed by atoms with E-state index in [-0.39, 0.29) is 11.5 Å². The normalized spacial score (nSPS) is 13.6. The summed E-state index contributed by atoms with van der Waals surface area (Å²) in [6, 6.07) is 5.42. The number of hydrogen-bond acceptors (Lipinski definition) is 3. The van der Waals surface area contributed by atoms with Crippen LogP contribution in [0.25, 0.3) is 0 Å². The van der Waals surface area contributed by atoms with E-state index in [4.69, 9.17) is 4.74 Å². The highest BCUT2D eigenvalue weighted by molar-refractivity contribution is 5.41. The van der Waals surface area contributed by atoms with Gasteiger partial charge in [-0.3, -0.25) is 0 Å². The number of benzene rings is 1. The molecule has 0 aromatic heterocycles. The summed E-state index contributed by atoms with van der Waals surface area (Å²) < 4.78 is 5.20. The summed E-state index contributed by atoms with van der Waals surface area (Å²) >= 11 is 0. The average Bonchev–Trinajstić information content (AvgIpc) is 2.36. The van der Waals surface area contributed by atoms with Crippen LogP contribution in [0, 0.1) is 11.3 Å². The topological polar surface area (TPSA) is 41.5 Å². The highest BCUT2D eigenvalue weighted by atomic mass is 16.5. The second-order valence-electron chi connectivity index (χ2n) is 6.17. The Hall–Kier alpha value is -1.22. The molecule has 1 aromatic carbocycles. The number of ether oxygens (including phenoxy) is 1. The molecule has 1 unspecified atom stereocenters. The highest BCUT2D eigenvalue weighted by Gasteiger charge is 2.23. The lowest BCUT2D eigenvalue weighted by molar-refractivity contribution is 0.230. The summed E-state index contributed by atoms with van der Waals surface area (Å²) in [5.74, 6) is 1.68. The Morgan fingerprint density at radius 1 is 1.26 bits per heavy atom. The van der Waals surface area contributed by atoms with Crippen LogP contribution in [-0.2, 0) is 0 Å². The van der Waals surface area contributed by atoms with Crippen LogP contribution in [0.5, 0.6) is 11.5 Å². The summed E-state index contributed by atoms with van der Waals surface area (Å²) in [5.41, 5.74) is 1.10. The molecule has 0 aliphatic heterocycles. The van der Waals surface area contributed by atoms with Crippen LogP contribution in [-0.4, -0.2) is 18.8 Å². The summed E-state index contributed by atoms with van der Waals surface area (Å²) in [4.78, 5) is 0. The van der Waals surface area contributed by atoms with Crippen molar-refractivity contribution < 1.29 is 9.84 Å². The number of hydrogen-bond donors (Lipinski definition) is 2. The summed E-state index contributed by atoms with van der Waals surface area (Å²) in [6.45, 7) is 11.9. The van der Waals surface area contributed by atoms with Gasteiger partial charge in [-0.25, -0.2) is 0 Å². The van der Waals surface area contributed by atoms with Gasteiger partial charge in [-0.05, 0) is 36.5 Å². The first-order valence-electron chi connectivity index (χ1n) is 6.88. The minimum atomic E-state index is 0.0909. The monoisotopic (exact) mass is 265 g/mol. The zero-order valence-electron chi connectivity index (χ0n) is 12.9. The summed E-state index contributed by atoms with van der Waals surface area (Å²) in [6.07, 6.45) is 0. The van der Waals surface area contributed by atoms with E-state index in [1.54, 1.807) is 19.2 Å². The smallest absolute Gasteiger partial charge is 0.120 e. The maximum Gasteiger partial charge on any atom is 0.120 e. The van der Waals surface area contributed by atoms with E-state index in [9.17, 15) is 5.11 Å². The summed E-state index contributed by atoms with van der Waals surface area (Å²) in [7, 11) is 1.64. The van der Waals surface area contributed by atoms with Crippen LogP contribution in [0.15, 0.2) is 18.2 Å². The maximum atomic E-state index is 9.94. The van der Waals surface area contributed by atoms with E-state index in [0.29, 0.717) is 11.7 Å². The van der Waals surface area contributed by atoms with Gasteiger partial charge in [0.2, 0.25) is 0 Å². The van der Waals surface area contributed by atoms with Crippen molar-refractivity contribution in [3.63, 3.8) is 0 Å². The Morgan fingerprint density at radius 3 is 2.42 bits per heavy atom. The highest BCUT2D eigenvalue weighted by Crippen LogP contribution is 2.30. The molecular formula is C16H27NO2. The molecule has 1 atom stereocenters. The number of phenols is 1. The Kier molecular flexibility index (Phi) is 5.24. The average molecular weight is 265 g/mol. The van der Waals surface area contributed by atoms with E-state index >= 15 is 0 Å². The van der Waals surface area contributed by atoms with Crippen LogP contribution < -0.4 is 10.1 Å². The van der Waals surface area contributed by atoms with Crippen molar-refractivity contribution in [3.05, 3.63) is 23.8 Å². The van der Waals surface area contributed by atoms with E-state index in [1.165, 1.54) is 0 Å². The van der Waals surface area contributed by atoms with Crippen LogP contribution in [0.3, 0.4) is 0 Å². The number of phenolic OH excluding ortho intramolecular Hbond substituents is 1. The molecule has 19 heavy (non-hydrogen) atoms. The number of rotatable bonds is 6. The van der Waals surface area contributed by atoms with Gasteiger partial charge in [-0.15, -0.1) is 0 Å². The molecule has 0 heterocycles. The first-order valence-corrected chi connectivity index (χ1v) is 6.88. The Labute approximate surface area is 117 Å². The molecule has 0 amide bonds. The maximum absolute atomic E-state index is 9.94. The predicted octanol–water partition coefficient (Wildman–Crippen LogP) is 3.73. The Balaban J connectivity index is 2.76. The van der Waals surface area contributed by atoms with Crippen molar-refractivity contribution in [1.29, 1.82) is 0 Å². The molecule has 0 bridgehead atoms. The van der Waals surface area contributed by atoms with Gasteiger partial charge in [-0.1, -0.05) is 27.7 Å². The fourth-order valence-electron chi connectivity index (χ4n) is 1.74. The van der Waals surface area contributed by atoms with Gasteiger partial charge in [0, 0.05) is 18.2 Å². The molecule has 3 heteroatoms. The van der Waals surface area contributed by atoms with Crippen molar-refractivity contribution in [2.45, 2.75) is 40.7 Å². The van der Waals surface area contributed by atoms with Crippen molar-refractivity contribution in [2.75, 3.05) is 13.7 Å². The van der Waals surface area contributed by atoms with Crippen LogP contribution in [0.2, 0.25) is 0 Å². The van der Waals surface area contributed by atoms with Gasteiger partial charge in [0.05, 0.1) is 7.11 Å². The van der Waals surface area contributed by atoms with Crippen molar-refractivity contribution in [3.8, 4) is 11.5 Å². The molecule has 0 saturated heterocycles. The molecular weight excluding hydrogens is 238 g/mol. The largest absolute Gasteiger partial charge is 0.508 e. The SMILES string of the molecule is COc1ccc(O)c(C(C)NCC(C)(C)C(C)C)c1. The lowest BCUT2D eigenvalue weighted by atomic mass is 9.81. The first kappa shape index (κ1) is 15.8. The quantitative estimate of drug-likeness (QED) is 0.823. The molecule has 1 aromatic rings. The predicted molar refractivity (Wildman–Crippen MR) is 79.7 cm³/mol. The molecule has 0 radical (unpaired) electrons. The lowest BCUT2D eigenvalue weighted by Crippen LogP contribution is -2.34. The van der Waals surface area contributed by atoms with E-state index in [0.717, 1.165) is 17.9 Å². The fourth-order valence-corrected chi connectivity index (χ4v) is 1.74. The van der Waals surface area contributed by atoms with Crippen LogP contribution in [0.4, 0.5) is 0 Å². The molecule has 0 aliphatic rings. The fraction of sp³-hybridized carbons (Fsp3) is 0.625. The molecule has 108 valence electrons. The second kappa shape index (κ2) is 6.29. The first-order chi connectivity index (χ1) is 8.77. The van der Waals surface area contributed by atoms with Gasteiger partial charge in [0.15, 0.2) is 0 Å². The molecule has 0 saturated carbocycles. The molecule has 0 fully saturated rings. The minimum absolute atomic E-state index is 0.0909. The van der Waals surface area contributed by atoms with Crippen molar-refractivity contribution in [2.24, 2.45) is 11.3 Å². The molecule has 1 rings (SSSR count). The number of aromatic hydroxyl groups is 1. The Bertz CT molecular complexity index is 413. The number of methoxy groups -OCH3 is 1. The second-order valence-corrected chi connectivity index (χ2v) is 6.17. The third kappa shape index (κ3) is 4.13. The molecule has 2 N–H and O–H groups in total. The van der Waals surface area contributed by atoms with Crippen LogP contribution in [0.1, 0.15) is 46.2 Å². The van der Waals surface area contributed by atoms with Gasteiger partial charge >= 0.3 is 0 Å². The third-order valence-electron chi connectivity index (χ3n) is 4.13. The standard InChI is InChI=1S/C16H27NO2/c1-11(2)16(4,5)10-17-12(3)14-9-13(19-6)7-8-15(14)18/h7-9,11-12,17-18H,10H2,1-6H3. The molecule has 3 nitrogen and oxygen atoms in total. The van der Waals surface area contributed by atoms with Gasteiger partial charge < -0.3 is 15.2 Å². The zero-order valence-corrected chi connectivity index (χ0v) is 12.9. The van der Waals surface area contributed by atoms with Crippen LogP contribution >= 0.6 is 0 Å². The number of nitrogens with one attached hydrogen (secondary N) is 1. The summed E-state index contributed by atoms with van der Waals surface area (Å²) in [5, 5.41) is 13.4. The van der Waals surface area contributed by atoms with E-state index < -0.39 is 0 Å². The Morgan fingerprint density at radius 2 is 1.89 bits per heavy atom. The van der Waals surface area contributed by atoms with Gasteiger partial charge in [0.1, 0.15) is 11.5 Å². The van der Waals surface area contributed by atoms with Crippen molar-refractivity contribution in [1.82, 2.24) is 5.32 Å². The lowest BCUT2D eigenvalue weighted by Gasteiger charge is -2.31. The van der Waals surface area contributed by atoms with Gasteiger partial charge in [-0.2, -0.15) is 0 Å².